The fourth-order valence-corrected chi connectivity index (χ4v) is 1.82. The summed E-state index contributed by atoms with van der Waals surface area (Å²) in [6.45, 7) is 0.935. The number of hydrogen-bond donors (Lipinski definition) is 2. The molecule has 1 amide bonds. The van der Waals surface area contributed by atoms with Crippen LogP contribution >= 0.6 is 12.4 Å². The monoisotopic (exact) mass is 301 g/mol. The molecular formula is C14H24ClN3O2. The van der Waals surface area contributed by atoms with E-state index >= 15 is 0 Å². The van der Waals surface area contributed by atoms with E-state index in [-0.39, 0.29) is 31.0 Å². The molecule has 0 aliphatic carbocycles. The zero-order chi connectivity index (χ0) is 14.3. The molecule has 0 fully saturated rings. The lowest BCUT2D eigenvalue weighted by atomic mass is 10.1. The first kappa shape index (κ1) is 18.9. The van der Waals surface area contributed by atoms with Crippen LogP contribution in [0.3, 0.4) is 0 Å². The van der Waals surface area contributed by atoms with Crippen LogP contribution in [0.5, 0.6) is 0 Å². The minimum atomic E-state index is -0.640. The topological polar surface area (TPSA) is 67.6 Å². The van der Waals surface area contributed by atoms with Gasteiger partial charge in [0, 0.05) is 13.7 Å². The van der Waals surface area contributed by atoms with Crippen molar-refractivity contribution in [2.75, 3.05) is 34.4 Å². The standard InChI is InChI=1S/C14H23N3O2.ClH/c1-17(2)9-13(11-7-5-4-6-8-11)16-14(18)12(15)10-19-3;/h4-8,12-13H,9-10,15H2,1-3H3,(H,16,18);1H. The number of amides is 1. The SMILES string of the molecule is COCC(N)C(=O)NC(CN(C)C)c1ccccc1.Cl. The summed E-state index contributed by atoms with van der Waals surface area (Å²) in [5, 5.41) is 2.96. The number of methoxy groups -OCH3 is 1. The van der Waals surface area contributed by atoms with Crippen molar-refractivity contribution in [3.8, 4) is 0 Å². The van der Waals surface area contributed by atoms with E-state index < -0.39 is 6.04 Å². The lowest BCUT2D eigenvalue weighted by Gasteiger charge is -2.24. The number of nitrogens with two attached hydrogens (primary N) is 1. The quantitative estimate of drug-likeness (QED) is 0.782. The van der Waals surface area contributed by atoms with Crippen LogP contribution in [0, 0.1) is 0 Å². The lowest BCUT2D eigenvalue weighted by Crippen LogP contribution is -2.46. The van der Waals surface area contributed by atoms with Gasteiger partial charge >= 0.3 is 0 Å². The van der Waals surface area contributed by atoms with Crippen molar-refractivity contribution in [3.63, 3.8) is 0 Å². The van der Waals surface area contributed by atoms with Crippen molar-refractivity contribution in [1.29, 1.82) is 0 Å². The van der Waals surface area contributed by atoms with Crippen LogP contribution in [-0.2, 0) is 9.53 Å². The number of nitrogens with zero attached hydrogens (tertiary/aromatic N) is 1. The first-order chi connectivity index (χ1) is 9.04. The van der Waals surface area contributed by atoms with Crippen LogP contribution < -0.4 is 11.1 Å². The molecule has 0 saturated carbocycles. The van der Waals surface area contributed by atoms with Gasteiger partial charge in [0.15, 0.2) is 0 Å². The molecule has 2 unspecified atom stereocenters. The summed E-state index contributed by atoms with van der Waals surface area (Å²) in [6, 6.07) is 9.14. The molecule has 6 heteroatoms. The van der Waals surface area contributed by atoms with E-state index in [1.54, 1.807) is 0 Å². The van der Waals surface area contributed by atoms with Gasteiger partial charge in [0.1, 0.15) is 6.04 Å². The average Bonchev–Trinajstić information content (AvgIpc) is 2.38. The highest BCUT2D eigenvalue weighted by molar-refractivity contribution is 5.85. The molecule has 0 spiro atoms. The maximum atomic E-state index is 12.0. The molecule has 0 aliphatic heterocycles. The molecule has 5 nitrogen and oxygen atoms in total. The molecule has 0 bridgehead atoms. The van der Waals surface area contributed by atoms with Gasteiger partial charge in [-0.05, 0) is 19.7 Å². The molecule has 114 valence electrons. The van der Waals surface area contributed by atoms with Crippen molar-refractivity contribution >= 4 is 18.3 Å². The van der Waals surface area contributed by atoms with Gasteiger partial charge in [-0.3, -0.25) is 4.79 Å². The van der Waals surface area contributed by atoms with Gasteiger partial charge in [-0.25, -0.2) is 0 Å². The number of ether oxygens (including phenoxy) is 1. The highest BCUT2D eigenvalue weighted by Gasteiger charge is 2.19. The van der Waals surface area contributed by atoms with E-state index in [4.69, 9.17) is 10.5 Å². The van der Waals surface area contributed by atoms with Gasteiger partial charge in [0.2, 0.25) is 5.91 Å². The Morgan fingerprint density at radius 3 is 2.45 bits per heavy atom. The Bertz CT molecular complexity index is 387. The zero-order valence-electron chi connectivity index (χ0n) is 12.2. The van der Waals surface area contributed by atoms with Crippen molar-refractivity contribution in [2.24, 2.45) is 5.73 Å². The molecule has 1 aromatic carbocycles. The minimum absolute atomic E-state index is 0. The second-order valence-electron chi connectivity index (χ2n) is 4.80. The molecular weight excluding hydrogens is 278 g/mol. The Labute approximate surface area is 126 Å². The number of benzene rings is 1. The van der Waals surface area contributed by atoms with Crippen LogP contribution in [0.2, 0.25) is 0 Å². The highest BCUT2D eigenvalue weighted by atomic mass is 35.5. The molecule has 20 heavy (non-hydrogen) atoms. The number of hydrogen-bond acceptors (Lipinski definition) is 4. The predicted molar refractivity (Wildman–Crippen MR) is 83.0 cm³/mol. The summed E-state index contributed by atoms with van der Waals surface area (Å²) in [6.07, 6.45) is 0. The number of likely N-dealkylation sites (N-methyl/N-ethyl adjacent to an activating group) is 1. The summed E-state index contributed by atoms with van der Waals surface area (Å²) >= 11 is 0. The molecule has 0 radical (unpaired) electrons. The van der Waals surface area contributed by atoms with E-state index in [0.717, 1.165) is 12.1 Å². The van der Waals surface area contributed by atoms with Gasteiger partial charge < -0.3 is 20.7 Å². The maximum absolute atomic E-state index is 12.0. The van der Waals surface area contributed by atoms with Crippen molar-refractivity contribution in [3.05, 3.63) is 35.9 Å². The third-order valence-electron chi connectivity index (χ3n) is 2.75. The minimum Gasteiger partial charge on any atom is -0.383 e. The number of halogens is 1. The Morgan fingerprint density at radius 2 is 1.95 bits per heavy atom. The van der Waals surface area contributed by atoms with Gasteiger partial charge in [-0.1, -0.05) is 30.3 Å². The summed E-state index contributed by atoms with van der Waals surface area (Å²) in [5.41, 5.74) is 6.80. The van der Waals surface area contributed by atoms with Crippen LogP contribution in [-0.4, -0.2) is 51.2 Å². The third-order valence-corrected chi connectivity index (χ3v) is 2.75. The Morgan fingerprint density at radius 1 is 1.35 bits per heavy atom. The first-order valence-electron chi connectivity index (χ1n) is 6.29. The van der Waals surface area contributed by atoms with Crippen molar-refractivity contribution < 1.29 is 9.53 Å². The van der Waals surface area contributed by atoms with Crippen LogP contribution in [0.4, 0.5) is 0 Å². The maximum Gasteiger partial charge on any atom is 0.239 e. The normalized spacial score (nSPS) is 13.4. The van der Waals surface area contributed by atoms with Crippen LogP contribution in [0.1, 0.15) is 11.6 Å². The Kier molecular flexibility index (Phi) is 9.16. The summed E-state index contributed by atoms with van der Waals surface area (Å²) in [7, 11) is 5.47. The third kappa shape index (κ3) is 6.34. The second kappa shape index (κ2) is 9.72. The molecule has 0 aliphatic rings. The largest absolute Gasteiger partial charge is 0.383 e. The first-order valence-corrected chi connectivity index (χ1v) is 6.29. The van der Waals surface area contributed by atoms with E-state index in [2.05, 4.69) is 5.32 Å². The van der Waals surface area contributed by atoms with E-state index in [0.29, 0.717) is 0 Å². The molecule has 0 saturated heterocycles. The molecule has 1 aromatic rings. The van der Waals surface area contributed by atoms with Crippen molar-refractivity contribution in [2.45, 2.75) is 12.1 Å². The van der Waals surface area contributed by atoms with Gasteiger partial charge in [0.05, 0.1) is 12.6 Å². The molecule has 3 N–H and O–H groups in total. The lowest BCUT2D eigenvalue weighted by molar-refractivity contribution is -0.124. The highest BCUT2D eigenvalue weighted by Crippen LogP contribution is 2.13. The van der Waals surface area contributed by atoms with Gasteiger partial charge in [0.25, 0.3) is 0 Å². The molecule has 0 aromatic heterocycles. The van der Waals surface area contributed by atoms with Gasteiger partial charge in [-0.15, -0.1) is 12.4 Å². The zero-order valence-corrected chi connectivity index (χ0v) is 13.0. The predicted octanol–water partition coefficient (Wildman–Crippen LogP) is 0.801. The van der Waals surface area contributed by atoms with Crippen LogP contribution in [0.15, 0.2) is 30.3 Å². The molecule has 2 atom stereocenters. The fraction of sp³-hybridized carbons (Fsp3) is 0.500. The summed E-state index contributed by atoms with van der Waals surface area (Å²) in [4.78, 5) is 14.0. The van der Waals surface area contributed by atoms with Gasteiger partial charge in [-0.2, -0.15) is 0 Å². The number of nitrogens with one attached hydrogen (secondary N) is 1. The molecule has 0 heterocycles. The van der Waals surface area contributed by atoms with Crippen LogP contribution in [0.25, 0.3) is 0 Å². The smallest absolute Gasteiger partial charge is 0.239 e. The Hall–Kier alpha value is -1.14. The molecule has 1 rings (SSSR count). The summed E-state index contributed by atoms with van der Waals surface area (Å²) < 4.78 is 4.90. The van der Waals surface area contributed by atoms with E-state index in [1.807, 2.05) is 49.3 Å². The summed E-state index contributed by atoms with van der Waals surface area (Å²) in [5.74, 6) is -0.197. The second-order valence-corrected chi connectivity index (χ2v) is 4.80. The Balaban J connectivity index is 0.00000361. The van der Waals surface area contributed by atoms with E-state index in [9.17, 15) is 4.79 Å². The number of carbonyl (C=O) groups is 1. The van der Waals surface area contributed by atoms with Crippen molar-refractivity contribution in [1.82, 2.24) is 10.2 Å². The number of rotatable bonds is 7. The fourth-order valence-electron chi connectivity index (χ4n) is 1.82. The number of carbonyl (C=O) groups excluding carboxylic acids is 1. The van der Waals surface area contributed by atoms with E-state index in [1.165, 1.54) is 7.11 Å². The average molecular weight is 302 g/mol.